The number of nitrogens with one attached hydrogen (secondary N) is 1. The van der Waals surface area contributed by atoms with E-state index in [1.165, 1.54) is 16.9 Å². The largest absolute Gasteiger partial charge is 0.326 e. The van der Waals surface area contributed by atoms with Gasteiger partial charge in [-0.2, -0.15) is 0 Å². The number of para-hydroxylation sites is 1. The minimum Gasteiger partial charge on any atom is -0.326 e. The molecule has 0 saturated heterocycles. The highest BCUT2D eigenvalue weighted by molar-refractivity contribution is 7.92. The van der Waals surface area contributed by atoms with Crippen molar-refractivity contribution in [1.82, 2.24) is 0 Å². The van der Waals surface area contributed by atoms with Crippen molar-refractivity contribution in [3.63, 3.8) is 0 Å². The second-order valence-electron chi connectivity index (χ2n) is 6.19. The quantitative estimate of drug-likeness (QED) is 0.820. The molecule has 1 N–H and O–H groups in total. The summed E-state index contributed by atoms with van der Waals surface area (Å²) in [7, 11) is -2.05. The van der Waals surface area contributed by atoms with Crippen molar-refractivity contribution in [3.05, 3.63) is 60.2 Å². The summed E-state index contributed by atoms with van der Waals surface area (Å²) in [5.41, 5.74) is 2.43. The standard InChI is InChI=1S/C19H24N2O3S/c1-15(2)16-9-11-17(12-10-16)20-19(22)13-14-25(23,24)21(3)18-7-5-4-6-8-18/h4-12,15H,13-14H2,1-3H3,(H,20,22). The Morgan fingerprint density at radius 3 is 2.20 bits per heavy atom. The van der Waals surface area contributed by atoms with E-state index < -0.39 is 10.0 Å². The van der Waals surface area contributed by atoms with Crippen LogP contribution in [-0.4, -0.2) is 27.1 Å². The van der Waals surface area contributed by atoms with Crippen molar-refractivity contribution in [2.45, 2.75) is 26.2 Å². The predicted octanol–water partition coefficient (Wildman–Crippen LogP) is 3.60. The van der Waals surface area contributed by atoms with E-state index in [0.717, 1.165) is 0 Å². The van der Waals surface area contributed by atoms with Gasteiger partial charge in [0.25, 0.3) is 0 Å². The second kappa shape index (κ2) is 8.16. The number of hydrogen-bond donors (Lipinski definition) is 1. The van der Waals surface area contributed by atoms with E-state index in [4.69, 9.17) is 0 Å². The number of amides is 1. The van der Waals surface area contributed by atoms with Crippen molar-refractivity contribution in [2.75, 3.05) is 22.4 Å². The molecule has 0 spiro atoms. The van der Waals surface area contributed by atoms with Gasteiger partial charge < -0.3 is 5.32 Å². The molecule has 2 aromatic rings. The maximum Gasteiger partial charge on any atom is 0.235 e. The molecule has 0 aliphatic rings. The zero-order valence-electron chi connectivity index (χ0n) is 14.8. The molecule has 0 aliphatic carbocycles. The van der Waals surface area contributed by atoms with E-state index in [2.05, 4.69) is 19.2 Å². The Kier molecular flexibility index (Phi) is 6.20. The van der Waals surface area contributed by atoms with Crippen molar-refractivity contribution >= 4 is 27.3 Å². The van der Waals surface area contributed by atoms with Gasteiger partial charge in [0.1, 0.15) is 0 Å². The van der Waals surface area contributed by atoms with Gasteiger partial charge in [0.15, 0.2) is 0 Å². The molecule has 0 aliphatic heterocycles. The minimum atomic E-state index is -3.55. The summed E-state index contributed by atoms with van der Waals surface area (Å²) in [5.74, 6) is -0.139. The maximum atomic E-state index is 12.4. The number of nitrogens with zero attached hydrogens (tertiary/aromatic N) is 1. The van der Waals surface area contributed by atoms with Gasteiger partial charge in [-0.25, -0.2) is 8.42 Å². The van der Waals surface area contributed by atoms with Gasteiger partial charge in [0.2, 0.25) is 15.9 Å². The second-order valence-corrected chi connectivity index (χ2v) is 8.31. The van der Waals surface area contributed by atoms with Crippen molar-refractivity contribution < 1.29 is 13.2 Å². The third-order valence-electron chi connectivity index (χ3n) is 3.99. The lowest BCUT2D eigenvalue weighted by Gasteiger charge is -2.19. The minimum absolute atomic E-state index is 0.0918. The van der Waals surface area contributed by atoms with E-state index in [0.29, 0.717) is 17.3 Å². The molecule has 5 nitrogen and oxygen atoms in total. The normalized spacial score (nSPS) is 11.4. The molecule has 0 bridgehead atoms. The number of carbonyl (C=O) groups is 1. The van der Waals surface area contributed by atoms with E-state index >= 15 is 0 Å². The first-order chi connectivity index (χ1) is 11.8. The highest BCUT2D eigenvalue weighted by Gasteiger charge is 2.19. The Hall–Kier alpha value is -2.34. The van der Waals surface area contributed by atoms with Crippen LogP contribution in [0.4, 0.5) is 11.4 Å². The molecule has 1 amide bonds. The molecule has 0 aromatic heterocycles. The molecule has 0 heterocycles. The molecule has 2 aromatic carbocycles. The highest BCUT2D eigenvalue weighted by atomic mass is 32.2. The third kappa shape index (κ3) is 5.32. The fourth-order valence-electron chi connectivity index (χ4n) is 2.33. The van der Waals surface area contributed by atoms with Crippen LogP contribution < -0.4 is 9.62 Å². The first kappa shape index (κ1) is 19.0. The first-order valence-electron chi connectivity index (χ1n) is 8.21. The van der Waals surface area contributed by atoms with Gasteiger partial charge in [-0.1, -0.05) is 44.2 Å². The lowest BCUT2D eigenvalue weighted by Crippen LogP contribution is -2.30. The monoisotopic (exact) mass is 360 g/mol. The van der Waals surface area contributed by atoms with E-state index in [-0.39, 0.29) is 18.1 Å². The topological polar surface area (TPSA) is 66.5 Å². The summed E-state index contributed by atoms with van der Waals surface area (Å²) in [6, 6.07) is 16.4. The fourth-order valence-corrected chi connectivity index (χ4v) is 3.49. The lowest BCUT2D eigenvalue weighted by atomic mass is 10.0. The van der Waals surface area contributed by atoms with Crippen LogP contribution in [0.3, 0.4) is 0 Å². The van der Waals surface area contributed by atoms with E-state index in [1.54, 1.807) is 24.3 Å². The molecule has 134 valence electrons. The van der Waals surface area contributed by atoms with Crippen LogP contribution in [0.5, 0.6) is 0 Å². The number of rotatable bonds is 7. The molecule has 25 heavy (non-hydrogen) atoms. The van der Waals surface area contributed by atoms with Gasteiger partial charge in [-0.15, -0.1) is 0 Å². The third-order valence-corrected chi connectivity index (χ3v) is 5.75. The van der Waals surface area contributed by atoms with Crippen LogP contribution >= 0.6 is 0 Å². The summed E-state index contributed by atoms with van der Waals surface area (Å²) in [6.07, 6.45) is -0.0918. The van der Waals surface area contributed by atoms with Crippen LogP contribution in [0.1, 0.15) is 31.7 Å². The summed E-state index contributed by atoms with van der Waals surface area (Å²) in [4.78, 5) is 12.0. The van der Waals surface area contributed by atoms with Gasteiger partial charge in [-0.3, -0.25) is 9.10 Å². The maximum absolute atomic E-state index is 12.4. The van der Waals surface area contributed by atoms with Crippen molar-refractivity contribution in [2.24, 2.45) is 0 Å². The summed E-state index contributed by atoms with van der Waals surface area (Å²) in [5, 5.41) is 2.74. The van der Waals surface area contributed by atoms with Crippen molar-refractivity contribution in [3.8, 4) is 0 Å². The number of sulfonamides is 1. The lowest BCUT2D eigenvalue weighted by molar-refractivity contribution is -0.115. The molecule has 0 saturated carbocycles. The Morgan fingerprint density at radius 1 is 1.04 bits per heavy atom. The zero-order valence-corrected chi connectivity index (χ0v) is 15.6. The SMILES string of the molecule is CC(C)c1ccc(NC(=O)CCS(=O)(=O)N(C)c2ccccc2)cc1. The molecular formula is C19H24N2O3S. The average molecular weight is 360 g/mol. The number of benzene rings is 2. The first-order valence-corrected chi connectivity index (χ1v) is 9.82. The Balaban J connectivity index is 1.92. The number of anilines is 2. The molecular weight excluding hydrogens is 336 g/mol. The van der Waals surface area contributed by atoms with Gasteiger partial charge in [0.05, 0.1) is 11.4 Å². The van der Waals surface area contributed by atoms with Crippen molar-refractivity contribution in [1.29, 1.82) is 0 Å². The smallest absolute Gasteiger partial charge is 0.235 e. The zero-order chi connectivity index (χ0) is 18.4. The van der Waals surface area contributed by atoms with Crippen LogP contribution in [0.2, 0.25) is 0 Å². The fraction of sp³-hybridized carbons (Fsp3) is 0.316. The molecule has 6 heteroatoms. The summed E-state index contributed by atoms with van der Waals surface area (Å²) < 4.78 is 25.9. The molecule has 0 atom stereocenters. The van der Waals surface area contributed by atoms with Crippen LogP contribution in [0, 0.1) is 0 Å². The number of hydrogen-bond acceptors (Lipinski definition) is 3. The van der Waals surface area contributed by atoms with Gasteiger partial charge >= 0.3 is 0 Å². The molecule has 0 unspecified atom stereocenters. The Labute approximate surface area is 149 Å². The van der Waals surface area contributed by atoms with Gasteiger partial charge in [0, 0.05) is 19.2 Å². The van der Waals surface area contributed by atoms with Gasteiger partial charge in [-0.05, 0) is 35.7 Å². The van der Waals surface area contributed by atoms with Crippen LogP contribution in [-0.2, 0) is 14.8 Å². The van der Waals surface area contributed by atoms with E-state index in [9.17, 15) is 13.2 Å². The Bertz CT molecular complexity index is 800. The summed E-state index contributed by atoms with van der Waals surface area (Å²) in [6.45, 7) is 4.20. The predicted molar refractivity (Wildman–Crippen MR) is 102 cm³/mol. The van der Waals surface area contributed by atoms with Crippen LogP contribution in [0.25, 0.3) is 0 Å². The highest BCUT2D eigenvalue weighted by Crippen LogP contribution is 2.18. The average Bonchev–Trinajstić information content (AvgIpc) is 2.60. The molecule has 0 fully saturated rings. The Morgan fingerprint density at radius 2 is 1.64 bits per heavy atom. The summed E-state index contributed by atoms with van der Waals surface area (Å²) >= 11 is 0. The van der Waals surface area contributed by atoms with Crippen LogP contribution in [0.15, 0.2) is 54.6 Å². The number of carbonyl (C=O) groups excluding carboxylic acids is 1. The molecule has 2 rings (SSSR count). The molecule has 0 radical (unpaired) electrons. The van der Waals surface area contributed by atoms with E-state index in [1.807, 2.05) is 30.3 Å².